The van der Waals surface area contributed by atoms with Gasteiger partial charge in [-0.3, -0.25) is 4.79 Å². The predicted molar refractivity (Wildman–Crippen MR) is 72.4 cm³/mol. The Hall–Kier alpha value is -2.11. The zero-order valence-electron chi connectivity index (χ0n) is 11.4. The minimum atomic E-state index is -1.30. The smallest absolute Gasteiger partial charge is 0.340 e. The molecule has 1 heterocycles. The van der Waals surface area contributed by atoms with Gasteiger partial charge < -0.3 is 15.3 Å². The van der Waals surface area contributed by atoms with Crippen LogP contribution in [-0.4, -0.2) is 37.1 Å². The van der Waals surface area contributed by atoms with Crippen molar-refractivity contribution in [3.05, 3.63) is 29.6 Å². The molecule has 1 amide bonds. The summed E-state index contributed by atoms with van der Waals surface area (Å²) in [5, 5.41) is 11.8. The maximum Gasteiger partial charge on any atom is 0.340 e. The lowest BCUT2D eigenvalue weighted by atomic mass is 9.89. The first-order valence-electron chi connectivity index (χ1n) is 6.38. The Balaban J connectivity index is 2.34. The molecule has 1 aromatic rings. The third-order valence-electron chi connectivity index (χ3n) is 3.79. The zero-order chi connectivity index (χ0) is 14.9. The Morgan fingerprint density at radius 2 is 2.15 bits per heavy atom. The molecule has 1 aromatic carbocycles. The van der Waals surface area contributed by atoms with Crippen LogP contribution in [0.1, 0.15) is 23.7 Å². The Morgan fingerprint density at radius 3 is 2.75 bits per heavy atom. The van der Waals surface area contributed by atoms with Crippen LogP contribution in [-0.2, 0) is 4.79 Å². The van der Waals surface area contributed by atoms with Crippen molar-refractivity contribution in [2.24, 2.45) is 5.41 Å². The molecule has 1 fully saturated rings. The number of anilines is 1. The molecule has 1 aliphatic rings. The van der Waals surface area contributed by atoms with Gasteiger partial charge in [0.05, 0.1) is 11.1 Å². The number of halogens is 1. The predicted octanol–water partition coefficient (Wildman–Crippen LogP) is 1.49. The number of nitrogens with zero attached hydrogens (tertiary/aromatic N) is 1. The van der Waals surface area contributed by atoms with E-state index in [9.17, 15) is 14.0 Å². The second-order valence-corrected chi connectivity index (χ2v) is 5.25. The fourth-order valence-corrected chi connectivity index (χ4v) is 2.64. The molecule has 0 saturated carbocycles. The average Bonchev–Trinajstić information content (AvgIpc) is 2.81. The van der Waals surface area contributed by atoms with Crippen LogP contribution in [0.15, 0.2) is 18.2 Å². The molecule has 2 N–H and O–H groups in total. The highest BCUT2D eigenvalue weighted by atomic mass is 19.1. The lowest BCUT2D eigenvalue weighted by Crippen LogP contribution is -2.39. The number of aromatic carboxylic acids is 1. The van der Waals surface area contributed by atoms with Crippen LogP contribution < -0.4 is 10.2 Å². The molecular weight excluding hydrogens is 263 g/mol. The highest BCUT2D eigenvalue weighted by Crippen LogP contribution is 2.35. The number of hydrogen-bond donors (Lipinski definition) is 2. The number of hydrogen-bond acceptors (Lipinski definition) is 3. The van der Waals surface area contributed by atoms with Gasteiger partial charge in [0.2, 0.25) is 5.91 Å². The van der Waals surface area contributed by atoms with E-state index in [0.29, 0.717) is 25.2 Å². The van der Waals surface area contributed by atoms with Crippen LogP contribution >= 0.6 is 0 Å². The Bertz CT molecular complexity index is 561. The zero-order valence-corrected chi connectivity index (χ0v) is 11.4. The summed E-state index contributed by atoms with van der Waals surface area (Å²) in [7, 11) is 1.57. The van der Waals surface area contributed by atoms with Crippen LogP contribution in [0.25, 0.3) is 0 Å². The number of nitrogens with one attached hydrogen (secondary N) is 1. The van der Waals surface area contributed by atoms with E-state index in [1.54, 1.807) is 18.0 Å². The minimum absolute atomic E-state index is 0.0896. The summed E-state index contributed by atoms with van der Waals surface area (Å²) in [5.41, 5.74) is -0.601. The van der Waals surface area contributed by atoms with Crippen molar-refractivity contribution in [3.8, 4) is 0 Å². The molecule has 2 rings (SSSR count). The lowest BCUT2D eigenvalue weighted by molar-refractivity contribution is -0.128. The SMILES string of the molecule is CNC(=O)C1(C)CCN(c2cccc(F)c2C(=O)O)C1. The molecule has 1 aliphatic heterocycles. The topological polar surface area (TPSA) is 69.6 Å². The third kappa shape index (κ3) is 2.33. The summed E-state index contributed by atoms with van der Waals surface area (Å²) in [6.45, 7) is 2.72. The molecule has 0 radical (unpaired) electrons. The van der Waals surface area contributed by atoms with E-state index in [2.05, 4.69) is 5.32 Å². The number of rotatable bonds is 3. The van der Waals surface area contributed by atoms with Crippen molar-refractivity contribution >= 4 is 17.6 Å². The monoisotopic (exact) mass is 280 g/mol. The van der Waals surface area contributed by atoms with Crippen molar-refractivity contribution in [1.82, 2.24) is 5.32 Å². The van der Waals surface area contributed by atoms with E-state index < -0.39 is 17.2 Å². The summed E-state index contributed by atoms with van der Waals surface area (Å²) in [6, 6.07) is 4.18. The summed E-state index contributed by atoms with van der Waals surface area (Å²) in [6.07, 6.45) is 0.599. The van der Waals surface area contributed by atoms with Gasteiger partial charge in [-0.2, -0.15) is 0 Å². The van der Waals surface area contributed by atoms with Gasteiger partial charge in [0.15, 0.2) is 0 Å². The highest BCUT2D eigenvalue weighted by Gasteiger charge is 2.40. The summed E-state index contributed by atoms with van der Waals surface area (Å²) in [4.78, 5) is 24.8. The normalized spacial score (nSPS) is 21.9. The van der Waals surface area contributed by atoms with Crippen LogP contribution in [0.5, 0.6) is 0 Å². The first kappa shape index (κ1) is 14.3. The number of amides is 1. The minimum Gasteiger partial charge on any atom is -0.478 e. The molecule has 5 nitrogen and oxygen atoms in total. The quantitative estimate of drug-likeness (QED) is 0.880. The van der Waals surface area contributed by atoms with Crippen molar-refractivity contribution in [1.29, 1.82) is 0 Å². The Morgan fingerprint density at radius 1 is 1.45 bits per heavy atom. The van der Waals surface area contributed by atoms with Gasteiger partial charge in [0.1, 0.15) is 11.4 Å². The Kier molecular flexibility index (Phi) is 3.65. The van der Waals surface area contributed by atoms with Gasteiger partial charge in [-0.05, 0) is 25.5 Å². The summed E-state index contributed by atoms with van der Waals surface area (Å²) < 4.78 is 13.7. The molecule has 6 heteroatoms. The average molecular weight is 280 g/mol. The van der Waals surface area contributed by atoms with E-state index in [1.165, 1.54) is 6.07 Å². The number of carboxylic acid groups (broad SMARTS) is 1. The largest absolute Gasteiger partial charge is 0.478 e. The van der Waals surface area contributed by atoms with Gasteiger partial charge in [-0.15, -0.1) is 0 Å². The van der Waals surface area contributed by atoms with Crippen LogP contribution in [0.4, 0.5) is 10.1 Å². The van der Waals surface area contributed by atoms with Crippen LogP contribution in [0.2, 0.25) is 0 Å². The maximum atomic E-state index is 13.7. The number of carbonyl (C=O) groups excluding carboxylic acids is 1. The fourth-order valence-electron chi connectivity index (χ4n) is 2.64. The number of carbonyl (C=O) groups is 2. The molecule has 0 bridgehead atoms. The van der Waals surface area contributed by atoms with Crippen LogP contribution in [0, 0.1) is 11.2 Å². The van der Waals surface area contributed by atoms with E-state index in [4.69, 9.17) is 5.11 Å². The van der Waals surface area contributed by atoms with E-state index in [0.717, 1.165) is 6.07 Å². The van der Waals surface area contributed by atoms with E-state index in [1.807, 2.05) is 6.92 Å². The van der Waals surface area contributed by atoms with Gasteiger partial charge in [0, 0.05) is 20.1 Å². The van der Waals surface area contributed by atoms with Crippen molar-refractivity contribution in [2.75, 3.05) is 25.0 Å². The first-order valence-corrected chi connectivity index (χ1v) is 6.38. The summed E-state index contributed by atoms with van der Waals surface area (Å²) in [5.74, 6) is -2.15. The molecule has 1 unspecified atom stereocenters. The molecule has 1 saturated heterocycles. The maximum absolute atomic E-state index is 13.7. The second kappa shape index (κ2) is 5.11. The standard InChI is InChI=1S/C14H17FN2O3/c1-14(13(20)16-2)6-7-17(8-14)10-5-3-4-9(15)11(10)12(18)19/h3-5H,6-8H2,1-2H3,(H,16,20)(H,18,19). The first-order chi connectivity index (χ1) is 9.39. The summed E-state index contributed by atoms with van der Waals surface area (Å²) >= 11 is 0. The molecule has 20 heavy (non-hydrogen) atoms. The number of benzene rings is 1. The third-order valence-corrected chi connectivity index (χ3v) is 3.79. The number of carboxylic acids is 1. The molecule has 0 aliphatic carbocycles. The lowest BCUT2D eigenvalue weighted by Gasteiger charge is -2.25. The van der Waals surface area contributed by atoms with Crippen molar-refractivity contribution in [3.63, 3.8) is 0 Å². The van der Waals surface area contributed by atoms with Gasteiger partial charge >= 0.3 is 5.97 Å². The van der Waals surface area contributed by atoms with E-state index >= 15 is 0 Å². The fraction of sp³-hybridized carbons (Fsp3) is 0.429. The van der Waals surface area contributed by atoms with E-state index in [-0.39, 0.29) is 11.5 Å². The molecule has 0 spiro atoms. The molecule has 1 atom stereocenters. The van der Waals surface area contributed by atoms with Crippen molar-refractivity contribution < 1.29 is 19.1 Å². The van der Waals surface area contributed by atoms with Gasteiger partial charge in [-0.25, -0.2) is 9.18 Å². The molecule has 108 valence electrons. The second-order valence-electron chi connectivity index (χ2n) is 5.25. The molecular formula is C14H17FN2O3. The van der Waals surface area contributed by atoms with Crippen LogP contribution in [0.3, 0.4) is 0 Å². The Labute approximate surface area is 116 Å². The van der Waals surface area contributed by atoms with Gasteiger partial charge in [-0.1, -0.05) is 6.07 Å². The van der Waals surface area contributed by atoms with Crippen molar-refractivity contribution in [2.45, 2.75) is 13.3 Å². The highest BCUT2D eigenvalue weighted by molar-refractivity contribution is 5.95. The van der Waals surface area contributed by atoms with Gasteiger partial charge in [0.25, 0.3) is 0 Å². The molecule has 0 aromatic heterocycles.